The highest BCUT2D eigenvalue weighted by Crippen LogP contribution is 2.34. The lowest BCUT2D eigenvalue weighted by molar-refractivity contribution is -0.126. The van der Waals surface area contributed by atoms with Crippen molar-refractivity contribution in [2.24, 2.45) is 5.92 Å². The van der Waals surface area contributed by atoms with Gasteiger partial charge in [-0.05, 0) is 54.2 Å². The van der Waals surface area contributed by atoms with Crippen LogP contribution in [0, 0.1) is 5.92 Å². The van der Waals surface area contributed by atoms with Gasteiger partial charge in [-0.25, -0.2) is 0 Å². The Morgan fingerprint density at radius 2 is 1.90 bits per heavy atom. The molecule has 3 N–H and O–H groups in total. The molecule has 2 aromatic heterocycles. The molecule has 1 aliphatic carbocycles. The van der Waals surface area contributed by atoms with Crippen molar-refractivity contribution in [3.05, 3.63) is 77.4 Å². The number of nitrogens with zero attached hydrogens (tertiary/aromatic N) is 2. The van der Waals surface area contributed by atoms with Crippen molar-refractivity contribution >= 4 is 17.5 Å². The van der Waals surface area contributed by atoms with E-state index in [0.29, 0.717) is 17.8 Å². The number of aryl methyl sites for hydroxylation is 1. The second-order valence-electron chi connectivity index (χ2n) is 7.34. The van der Waals surface area contributed by atoms with E-state index in [4.69, 9.17) is 0 Å². The normalized spacial score (nSPS) is 18.0. The molecular weight excluding hydrogens is 366 g/mol. The number of aromatic amines is 1. The van der Waals surface area contributed by atoms with Gasteiger partial charge in [0.15, 0.2) is 0 Å². The monoisotopic (exact) mass is 389 g/mol. The molecule has 0 bridgehead atoms. The molecule has 0 fully saturated rings. The first kappa shape index (κ1) is 18.9. The predicted octanol–water partition coefficient (Wildman–Crippen LogP) is 3.04. The number of pyridine rings is 1. The largest absolute Gasteiger partial charge is 0.352 e. The van der Waals surface area contributed by atoms with E-state index in [1.807, 2.05) is 18.3 Å². The maximum Gasteiger partial charge on any atom is 0.255 e. The first-order valence-corrected chi connectivity index (χ1v) is 9.72. The van der Waals surface area contributed by atoms with Gasteiger partial charge < -0.3 is 10.6 Å². The summed E-state index contributed by atoms with van der Waals surface area (Å²) in [5.41, 5.74) is 4.49. The number of carbonyl (C=O) groups excluding carboxylic acids is 2. The maximum absolute atomic E-state index is 12.7. The van der Waals surface area contributed by atoms with E-state index >= 15 is 0 Å². The zero-order chi connectivity index (χ0) is 20.2. The Morgan fingerprint density at radius 1 is 1.14 bits per heavy atom. The first-order valence-electron chi connectivity index (χ1n) is 9.72. The number of nitrogens with one attached hydrogen (secondary N) is 3. The molecule has 7 heteroatoms. The fourth-order valence-electron chi connectivity index (χ4n) is 3.77. The Balaban J connectivity index is 1.32. The van der Waals surface area contributed by atoms with Gasteiger partial charge in [-0.3, -0.25) is 19.7 Å². The number of anilines is 1. The number of hydrogen-bond donors (Lipinski definition) is 3. The quantitative estimate of drug-likeness (QED) is 0.624. The molecule has 1 aliphatic rings. The van der Waals surface area contributed by atoms with Crippen LogP contribution < -0.4 is 10.6 Å². The molecule has 0 aliphatic heterocycles. The van der Waals surface area contributed by atoms with Gasteiger partial charge in [0.25, 0.3) is 5.91 Å². The predicted molar refractivity (Wildman–Crippen MR) is 109 cm³/mol. The van der Waals surface area contributed by atoms with Crippen LogP contribution in [-0.2, 0) is 17.8 Å². The van der Waals surface area contributed by atoms with E-state index in [1.54, 1.807) is 36.7 Å². The maximum atomic E-state index is 12.7. The summed E-state index contributed by atoms with van der Waals surface area (Å²) in [5.74, 6) is -0.0233. The van der Waals surface area contributed by atoms with Crippen LogP contribution in [0.25, 0.3) is 0 Å². The summed E-state index contributed by atoms with van der Waals surface area (Å²) in [7, 11) is 0. The van der Waals surface area contributed by atoms with E-state index in [-0.39, 0.29) is 23.7 Å². The number of hydrogen-bond acceptors (Lipinski definition) is 4. The zero-order valence-electron chi connectivity index (χ0n) is 16.2. The van der Waals surface area contributed by atoms with E-state index in [1.165, 1.54) is 0 Å². The molecule has 2 unspecified atom stereocenters. The van der Waals surface area contributed by atoms with Crippen LogP contribution in [0.1, 0.15) is 46.4 Å². The molecule has 0 saturated carbocycles. The molecule has 0 radical (unpaired) electrons. The second-order valence-corrected chi connectivity index (χ2v) is 7.34. The third kappa shape index (κ3) is 4.18. The molecule has 0 saturated heterocycles. The second kappa shape index (κ2) is 8.26. The topological polar surface area (TPSA) is 99.8 Å². The van der Waals surface area contributed by atoms with Crippen LogP contribution in [0.2, 0.25) is 0 Å². The number of H-pyrrole nitrogens is 1. The van der Waals surface area contributed by atoms with Crippen LogP contribution in [0.15, 0.2) is 55.0 Å². The highest BCUT2D eigenvalue weighted by Gasteiger charge is 2.32. The van der Waals surface area contributed by atoms with Crippen molar-refractivity contribution in [2.45, 2.75) is 32.2 Å². The lowest BCUT2D eigenvalue weighted by atomic mass is 9.78. The van der Waals surface area contributed by atoms with Crippen molar-refractivity contribution in [2.75, 3.05) is 5.32 Å². The molecule has 29 heavy (non-hydrogen) atoms. The number of benzene rings is 1. The third-order valence-electron chi connectivity index (χ3n) is 5.51. The molecule has 2 heterocycles. The number of carbonyl (C=O) groups is 2. The van der Waals surface area contributed by atoms with Gasteiger partial charge >= 0.3 is 0 Å². The molecule has 148 valence electrons. The smallest absolute Gasteiger partial charge is 0.255 e. The minimum atomic E-state index is -0.182. The van der Waals surface area contributed by atoms with Gasteiger partial charge in [-0.1, -0.05) is 19.1 Å². The fraction of sp³-hybridized carbons (Fsp3) is 0.273. The molecule has 0 spiro atoms. The van der Waals surface area contributed by atoms with Gasteiger partial charge in [0.1, 0.15) is 0 Å². The Labute approximate surface area is 168 Å². The van der Waals surface area contributed by atoms with Crippen LogP contribution >= 0.6 is 0 Å². The molecule has 3 aromatic rings. The summed E-state index contributed by atoms with van der Waals surface area (Å²) < 4.78 is 0. The SMILES string of the molecule is CC1c2cn[nH]c2CCC1C(=O)NCc1ccc(C(=O)Nc2ccncc2)cc1. The van der Waals surface area contributed by atoms with Gasteiger partial charge in [-0.2, -0.15) is 5.10 Å². The number of rotatable bonds is 5. The average molecular weight is 389 g/mol. The lowest BCUT2D eigenvalue weighted by Crippen LogP contribution is -2.35. The summed E-state index contributed by atoms with van der Waals surface area (Å²) in [6.45, 7) is 2.51. The van der Waals surface area contributed by atoms with Crippen LogP contribution in [-0.4, -0.2) is 27.0 Å². The van der Waals surface area contributed by atoms with Crippen molar-refractivity contribution < 1.29 is 9.59 Å². The van der Waals surface area contributed by atoms with Crippen molar-refractivity contribution in [1.29, 1.82) is 0 Å². The Hall–Kier alpha value is -3.48. The summed E-state index contributed by atoms with van der Waals surface area (Å²) in [4.78, 5) is 28.9. The molecule has 4 rings (SSSR count). The van der Waals surface area contributed by atoms with Crippen molar-refractivity contribution in [3.63, 3.8) is 0 Å². The Kier molecular flexibility index (Phi) is 5.37. The minimum absolute atomic E-state index is 0.0505. The molecule has 2 amide bonds. The van der Waals surface area contributed by atoms with Crippen molar-refractivity contribution in [3.8, 4) is 0 Å². The van der Waals surface area contributed by atoms with E-state index in [0.717, 1.165) is 29.7 Å². The van der Waals surface area contributed by atoms with Crippen LogP contribution in [0.5, 0.6) is 0 Å². The van der Waals surface area contributed by atoms with Gasteiger partial charge in [-0.15, -0.1) is 0 Å². The summed E-state index contributed by atoms with van der Waals surface area (Å²) in [6.07, 6.45) is 6.74. The van der Waals surface area contributed by atoms with Gasteiger partial charge in [0.2, 0.25) is 5.91 Å². The van der Waals surface area contributed by atoms with E-state index in [9.17, 15) is 9.59 Å². The lowest BCUT2D eigenvalue weighted by Gasteiger charge is -2.27. The van der Waals surface area contributed by atoms with Gasteiger partial charge in [0, 0.05) is 41.8 Å². The standard InChI is InChI=1S/C22H23N5O2/c1-14-18(6-7-20-19(14)13-25-27-20)22(29)24-12-15-2-4-16(5-3-15)21(28)26-17-8-10-23-11-9-17/h2-5,8-11,13-14,18H,6-7,12H2,1H3,(H,24,29)(H,25,27)(H,23,26,28). The minimum Gasteiger partial charge on any atom is -0.352 e. The number of aromatic nitrogens is 3. The molecule has 2 atom stereocenters. The number of fused-ring (bicyclic) bond motifs is 1. The van der Waals surface area contributed by atoms with Crippen molar-refractivity contribution in [1.82, 2.24) is 20.5 Å². The molecular formula is C22H23N5O2. The highest BCUT2D eigenvalue weighted by molar-refractivity contribution is 6.04. The molecule has 7 nitrogen and oxygen atoms in total. The molecule has 1 aromatic carbocycles. The fourth-order valence-corrected chi connectivity index (χ4v) is 3.77. The van der Waals surface area contributed by atoms with E-state index in [2.05, 4.69) is 32.7 Å². The van der Waals surface area contributed by atoms with E-state index < -0.39 is 0 Å². The Bertz CT molecular complexity index is 998. The van der Waals surface area contributed by atoms with Crippen LogP contribution in [0.4, 0.5) is 5.69 Å². The average Bonchev–Trinajstić information content (AvgIpc) is 3.23. The van der Waals surface area contributed by atoms with Gasteiger partial charge in [0.05, 0.1) is 6.20 Å². The summed E-state index contributed by atoms with van der Waals surface area (Å²) in [6, 6.07) is 10.7. The zero-order valence-corrected chi connectivity index (χ0v) is 16.2. The summed E-state index contributed by atoms with van der Waals surface area (Å²) in [5, 5.41) is 13.0. The Morgan fingerprint density at radius 3 is 2.66 bits per heavy atom. The third-order valence-corrected chi connectivity index (χ3v) is 5.51. The summed E-state index contributed by atoms with van der Waals surface area (Å²) >= 11 is 0. The number of amides is 2. The highest BCUT2D eigenvalue weighted by atomic mass is 16.2. The first-order chi connectivity index (χ1) is 14.1. The van der Waals surface area contributed by atoms with Crippen LogP contribution in [0.3, 0.4) is 0 Å².